The first-order valence-corrected chi connectivity index (χ1v) is 8.71. The molecule has 1 unspecified atom stereocenters. The predicted octanol–water partition coefficient (Wildman–Crippen LogP) is 3.86. The summed E-state index contributed by atoms with van der Waals surface area (Å²) in [6, 6.07) is 2.33. The Bertz CT molecular complexity index is 697. The maximum absolute atomic E-state index is 12.6. The van der Waals surface area contributed by atoms with Crippen LogP contribution in [0.4, 0.5) is 0 Å². The lowest BCUT2D eigenvalue weighted by atomic mass is 10.0. The van der Waals surface area contributed by atoms with Crippen molar-refractivity contribution >= 4 is 40.8 Å². The zero-order chi connectivity index (χ0) is 14.3. The normalized spacial score (nSPS) is 18.1. The molecule has 1 aliphatic heterocycles. The quantitative estimate of drug-likeness (QED) is 0.852. The van der Waals surface area contributed by atoms with Crippen LogP contribution < -0.4 is 0 Å². The molecule has 6 heteroatoms. The van der Waals surface area contributed by atoms with Crippen LogP contribution >= 0.6 is 34.9 Å². The van der Waals surface area contributed by atoms with Gasteiger partial charge in [-0.25, -0.2) is 0 Å². The number of aryl methyl sites for hydroxylation is 1. The summed E-state index contributed by atoms with van der Waals surface area (Å²) in [5.41, 5.74) is 2.34. The lowest BCUT2D eigenvalue weighted by Crippen LogP contribution is -2.39. The monoisotopic (exact) mass is 324 g/mol. The van der Waals surface area contributed by atoms with Gasteiger partial charge in [-0.2, -0.15) is 0 Å². The van der Waals surface area contributed by atoms with Crippen molar-refractivity contribution < 1.29 is 4.79 Å². The van der Waals surface area contributed by atoms with Gasteiger partial charge in [0.1, 0.15) is 0 Å². The number of nitrogens with one attached hydrogen (secondary N) is 1. The highest BCUT2D eigenvalue weighted by atomic mass is 32.1. The summed E-state index contributed by atoms with van der Waals surface area (Å²) < 4.78 is 0.747. The fourth-order valence-corrected chi connectivity index (χ4v) is 4.94. The van der Waals surface area contributed by atoms with E-state index in [-0.39, 0.29) is 11.9 Å². The number of hydrogen-bond acceptors (Lipinski definition) is 4. The highest BCUT2D eigenvalue weighted by molar-refractivity contribution is 7.73. The number of aromatic nitrogens is 1. The first kappa shape index (κ1) is 14.0. The molecule has 2 aromatic heterocycles. The number of thiazole rings is 1. The number of carbonyl (C=O) groups excluding carboxylic acids is 1. The predicted molar refractivity (Wildman–Crippen MR) is 86.1 cm³/mol. The molecule has 3 rings (SSSR count). The van der Waals surface area contributed by atoms with E-state index in [9.17, 15) is 4.79 Å². The Balaban J connectivity index is 1.79. The van der Waals surface area contributed by atoms with Crippen molar-refractivity contribution in [3.05, 3.63) is 36.4 Å². The smallest absolute Gasteiger partial charge is 0.228 e. The molecule has 1 atom stereocenters. The molecule has 0 aliphatic carbocycles. The molecule has 0 saturated carbocycles. The van der Waals surface area contributed by atoms with Gasteiger partial charge in [0.25, 0.3) is 0 Å². The Morgan fingerprint density at radius 2 is 2.40 bits per heavy atom. The van der Waals surface area contributed by atoms with Gasteiger partial charge in [-0.3, -0.25) is 4.79 Å². The molecule has 0 bridgehead atoms. The highest BCUT2D eigenvalue weighted by Gasteiger charge is 2.28. The molecular weight excluding hydrogens is 308 g/mol. The fraction of sp³-hybridized carbons (Fsp3) is 0.429. The van der Waals surface area contributed by atoms with Crippen LogP contribution in [0.3, 0.4) is 0 Å². The van der Waals surface area contributed by atoms with Gasteiger partial charge >= 0.3 is 0 Å². The van der Waals surface area contributed by atoms with E-state index in [2.05, 4.69) is 23.4 Å². The molecule has 20 heavy (non-hydrogen) atoms. The van der Waals surface area contributed by atoms with Crippen LogP contribution in [0.25, 0.3) is 0 Å². The molecule has 0 saturated heterocycles. The third-order valence-corrected chi connectivity index (χ3v) is 6.17. The second-order valence-corrected chi connectivity index (χ2v) is 7.82. The van der Waals surface area contributed by atoms with Gasteiger partial charge in [0.05, 0.1) is 12.5 Å². The molecule has 106 valence electrons. The lowest BCUT2D eigenvalue weighted by Gasteiger charge is -2.33. The molecule has 2 aromatic rings. The molecule has 0 aromatic carbocycles. The third-order valence-electron chi connectivity index (χ3n) is 3.83. The number of nitrogens with zero attached hydrogens (tertiary/aromatic N) is 1. The van der Waals surface area contributed by atoms with Crippen molar-refractivity contribution in [2.45, 2.75) is 32.7 Å². The van der Waals surface area contributed by atoms with Crippen LogP contribution in [0.2, 0.25) is 0 Å². The Labute approximate surface area is 131 Å². The summed E-state index contributed by atoms with van der Waals surface area (Å²) >= 11 is 8.44. The van der Waals surface area contributed by atoms with Gasteiger partial charge in [0, 0.05) is 22.0 Å². The maximum atomic E-state index is 12.6. The number of rotatable bonds is 2. The minimum Gasteiger partial charge on any atom is -0.341 e. The Kier molecular flexibility index (Phi) is 3.79. The number of carbonyl (C=O) groups is 1. The molecule has 3 heterocycles. The van der Waals surface area contributed by atoms with E-state index in [0.29, 0.717) is 6.42 Å². The average Bonchev–Trinajstić information content (AvgIpc) is 2.97. The SMILES string of the molecule is Cc1[nH]c(=S)sc1CC(=O)N1CCc2sccc2C1C. The lowest BCUT2D eigenvalue weighted by molar-refractivity contribution is -0.132. The number of aromatic amines is 1. The number of fused-ring (bicyclic) bond motifs is 1. The summed E-state index contributed by atoms with van der Waals surface area (Å²) in [7, 11) is 0. The van der Waals surface area contributed by atoms with Crippen molar-refractivity contribution in [1.82, 2.24) is 9.88 Å². The van der Waals surface area contributed by atoms with Gasteiger partial charge < -0.3 is 9.88 Å². The Morgan fingerprint density at radius 1 is 1.60 bits per heavy atom. The van der Waals surface area contributed by atoms with E-state index in [1.807, 2.05) is 11.8 Å². The third kappa shape index (κ3) is 2.47. The first-order chi connectivity index (χ1) is 9.56. The summed E-state index contributed by atoms with van der Waals surface area (Å²) in [6.45, 7) is 4.92. The van der Waals surface area contributed by atoms with E-state index in [1.165, 1.54) is 21.8 Å². The molecule has 1 N–H and O–H groups in total. The van der Waals surface area contributed by atoms with Crippen LogP contribution in [-0.4, -0.2) is 22.3 Å². The van der Waals surface area contributed by atoms with Crippen molar-refractivity contribution in [2.24, 2.45) is 0 Å². The summed E-state index contributed by atoms with van der Waals surface area (Å²) in [5.74, 6) is 0.197. The molecule has 3 nitrogen and oxygen atoms in total. The number of thiophene rings is 1. The fourth-order valence-electron chi connectivity index (χ4n) is 2.69. The van der Waals surface area contributed by atoms with Crippen LogP contribution in [-0.2, 0) is 17.6 Å². The van der Waals surface area contributed by atoms with Gasteiger partial charge in [-0.05, 0) is 49.5 Å². The Morgan fingerprint density at radius 3 is 3.10 bits per heavy atom. The molecule has 0 spiro atoms. The standard InChI is InChI=1S/C14H16N2OS3/c1-8-12(20-14(18)15-8)7-13(17)16-5-3-11-10(9(16)2)4-6-19-11/h4,6,9H,3,5,7H2,1-2H3,(H,15,18). The number of H-pyrrole nitrogens is 1. The Hall–Kier alpha value is -0.980. The maximum Gasteiger partial charge on any atom is 0.228 e. The summed E-state index contributed by atoms with van der Waals surface area (Å²) in [5, 5.41) is 2.12. The minimum atomic E-state index is 0.185. The average molecular weight is 324 g/mol. The van der Waals surface area contributed by atoms with Crippen molar-refractivity contribution in [3.8, 4) is 0 Å². The van der Waals surface area contributed by atoms with E-state index in [1.54, 1.807) is 11.3 Å². The molecular formula is C14H16N2OS3. The summed E-state index contributed by atoms with van der Waals surface area (Å²) in [6.07, 6.45) is 1.43. The molecule has 1 amide bonds. The van der Waals surface area contributed by atoms with Gasteiger partial charge in [0.2, 0.25) is 5.91 Å². The van der Waals surface area contributed by atoms with Crippen LogP contribution in [0.1, 0.15) is 34.0 Å². The second kappa shape index (κ2) is 5.42. The van der Waals surface area contributed by atoms with Crippen LogP contribution in [0, 0.1) is 10.9 Å². The summed E-state index contributed by atoms with van der Waals surface area (Å²) in [4.78, 5) is 20.1. The minimum absolute atomic E-state index is 0.185. The van der Waals surface area contributed by atoms with E-state index >= 15 is 0 Å². The van der Waals surface area contributed by atoms with E-state index < -0.39 is 0 Å². The molecule has 1 aliphatic rings. The van der Waals surface area contributed by atoms with E-state index in [0.717, 1.165) is 27.5 Å². The zero-order valence-corrected chi connectivity index (χ0v) is 13.9. The largest absolute Gasteiger partial charge is 0.341 e. The number of amides is 1. The molecule has 0 radical (unpaired) electrons. The van der Waals surface area contributed by atoms with Crippen LogP contribution in [0.15, 0.2) is 11.4 Å². The van der Waals surface area contributed by atoms with Crippen LogP contribution in [0.5, 0.6) is 0 Å². The first-order valence-electron chi connectivity index (χ1n) is 6.60. The second-order valence-electron chi connectivity index (χ2n) is 5.05. The highest BCUT2D eigenvalue weighted by Crippen LogP contribution is 2.33. The zero-order valence-electron chi connectivity index (χ0n) is 11.4. The van der Waals surface area contributed by atoms with Crippen molar-refractivity contribution in [2.75, 3.05) is 6.54 Å². The van der Waals surface area contributed by atoms with Gasteiger partial charge in [0.15, 0.2) is 3.95 Å². The molecule has 0 fully saturated rings. The van der Waals surface area contributed by atoms with Crippen molar-refractivity contribution in [1.29, 1.82) is 0 Å². The van der Waals surface area contributed by atoms with E-state index in [4.69, 9.17) is 12.2 Å². The topological polar surface area (TPSA) is 36.1 Å². The number of hydrogen-bond donors (Lipinski definition) is 1. The van der Waals surface area contributed by atoms with Gasteiger partial charge in [-0.1, -0.05) is 0 Å². The van der Waals surface area contributed by atoms with Gasteiger partial charge in [-0.15, -0.1) is 22.7 Å². The van der Waals surface area contributed by atoms with Crippen molar-refractivity contribution in [3.63, 3.8) is 0 Å².